The van der Waals surface area contributed by atoms with Crippen LogP contribution >= 0.6 is 0 Å². The third-order valence-electron chi connectivity index (χ3n) is 5.07. The number of hydrogen-bond acceptors (Lipinski definition) is 8. The van der Waals surface area contributed by atoms with Crippen molar-refractivity contribution < 1.29 is 19.4 Å². The Labute approximate surface area is 193 Å². The van der Waals surface area contributed by atoms with Gasteiger partial charge in [0.05, 0.1) is 13.2 Å². The molecule has 0 saturated heterocycles. The molecule has 3 aromatic rings. The maximum atomic E-state index is 11.1. The lowest BCUT2D eigenvalue weighted by atomic mass is 10.1. The fraction of sp³-hybridized carbons (Fsp3) is 0.292. The van der Waals surface area contributed by atoms with E-state index in [1.807, 2.05) is 25.2 Å². The standard InChI is InChI=1S/C24H29N5O4/c1-26-24(31)33-14-5-13-29(2)18-10-8-17(9-11-18)12-15-32-22-16-20(27-28-23(22)25)19-6-3-4-7-21(19)30/h3-4,6-11,16,30H,5,12-15H2,1-2H3,(H2,25,28)(H,26,31). The topological polar surface area (TPSA) is 123 Å². The second kappa shape index (κ2) is 11.6. The molecular weight excluding hydrogens is 422 g/mol. The summed E-state index contributed by atoms with van der Waals surface area (Å²) in [5, 5.41) is 20.5. The molecule has 0 aliphatic rings. The Morgan fingerprint density at radius 1 is 1.12 bits per heavy atom. The number of para-hydroxylation sites is 1. The van der Waals surface area contributed by atoms with Crippen LogP contribution in [0.1, 0.15) is 12.0 Å². The van der Waals surface area contributed by atoms with Crippen LogP contribution in [0.2, 0.25) is 0 Å². The molecule has 1 heterocycles. The molecule has 1 amide bonds. The fourth-order valence-electron chi connectivity index (χ4n) is 3.19. The maximum Gasteiger partial charge on any atom is 0.406 e. The van der Waals surface area contributed by atoms with Crippen LogP contribution in [-0.2, 0) is 11.2 Å². The smallest absolute Gasteiger partial charge is 0.406 e. The van der Waals surface area contributed by atoms with Gasteiger partial charge in [-0.1, -0.05) is 24.3 Å². The average molecular weight is 452 g/mol. The van der Waals surface area contributed by atoms with Crippen LogP contribution < -0.4 is 20.7 Å². The number of aromatic hydroxyl groups is 1. The van der Waals surface area contributed by atoms with Gasteiger partial charge in [0.1, 0.15) is 11.4 Å². The number of nitrogen functional groups attached to an aromatic ring is 1. The number of rotatable bonds is 10. The summed E-state index contributed by atoms with van der Waals surface area (Å²) in [7, 11) is 3.54. The first-order valence-corrected chi connectivity index (χ1v) is 10.7. The van der Waals surface area contributed by atoms with E-state index in [1.165, 1.54) is 7.05 Å². The minimum atomic E-state index is -0.414. The van der Waals surface area contributed by atoms with Crippen molar-refractivity contribution in [2.75, 3.05) is 44.5 Å². The molecule has 9 heteroatoms. The largest absolute Gasteiger partial charge is 0.507 e. The predicted octanol–water partition coefficient (Wildman–Crippen LogP) is 3.24. The number of hydrogen-bond donors (Lipinski definition) is 3. The highest BCUT2D eigenvalue weighted by molar-refractivity contribution is 5.68. The summed E-state index contributed by atoms with van der Waals surface area (Å²) in [6.45, 7) is 1.56. The first-order chi connectivity index (χ1) is 16.0. The van der Waals surface area contributed by atoms with Gasteiger partial charge < -0.3 is 30.5 Å². The molecule has 1 aromatic heterocycles. The fourth-order valence-corrected chi connectivity index (χ4v) is 3.19. The highest BCUT2D eigenvalue weighted by Crippen LogP contribution is 2.30. The number of aromatic nitrogens is 2. The lowest BCUT2D eigenvalue weighted by Gasteiger charge is -2.19. The number of nitrogens with two attached hydrogens (primary N) is 1. The molecule has 0 atom stereocenters. The minimum absolute atomic E-state index is 0.117. The monoisotopic (exact) mass is 451 g/mol. The van der Waals surface area contributed by atoms with E-state index >= 15 is 0 Å². The van der Waals surface area contributed by atoms with E-state index in [2.05, 4.69) is 32.5 Å². The average Bonchev–Trinajstić information content (AvgIpc) is 2.83. The molecule has 0 unspecified atom stereocenters. The van der Waals surface area contributed by atoms with Gasteiger partial charge in [0.2, 0.25) is 0 Å². The Hall–Kier alpha value is -4.01. The van der Waals surface area contributed by atoms with Gasteiger partial charge in [0.25, 0.3) is 0 Å². The number of carbonyl (C=O) groups is 1. The normalized spacial score (nSPS) is 10.5. The van der Waals surface area contributed by atoms with Crippen molar-refractivity contribution in [1.82, 2.24) is 15.5 Å². The van der Waals surface area contributed by atoms with Gasteiger partial charge in [0, 0.05) is 44.4 Å². The molecule has 0 saturated carbocycles. The van der Waals surface area contributed by atoms with Crippen LogP contribution in [0.5, 0.6) is 11.5 Å². The zero-order valence-electron chi connectivity index (χ0n) is 18.8. The molecule has 2 aromatic carbocycles. The van der Waals surface area contributed by atoms with Crippen molar-refractivity contribution in [2.45, 2.75) is 12.8 Å². The highest BCUT2D eigenvalue weighted by Gasteiger charge is 2.11. The van der Waals surface area contributed by atoms with E-state index in [4.69, 9.17) is 15.2 Å². The predicted molar refractivity (Wildman–Crippen MR) is 127 cm³/mol. The first-order valence-electron chi connectivity index (χ1n) is 10.7. The summed E-state index contributed by atoms with van der Waals surface area (Å²) in [6, 6.07) is 16.8. The third-order valence-corrected chi connectivity index (χ3v) is 5.07. The molecule has 4 N–H and O–H groups in total. The van der Waals surface area contributed by atoms with Crippen molar-refractivity contribution in [3.8, 4) is 22.8 Å². The van der Waals surface area contributed by atoms with Crippen LogP contribution in [0.4, 0.5) is 16.3 Å². The lowest BCUT2D eigenvalue weighted by Crippen LogP contribution is -2.23. The number of phenols is 1. The maximum absolute atomic E-state index is 11.1. The number of nitrogens with zero attached hydrogens (tertiary/aromatic N) is 3. The highest BCUT2D eigenvalue weighted by atomic mass is 16.5. The van der Waals surface area contributed by atoms with Crippen molar-refractivity contribution in [3.63, 3.8) is 0 Å². The van der Waals surface area contributed by atoms with E-state index in [0.29, 0.717) is 36.6 Å². The Morgan fingerprint density at radius 2 is 1.88 bits per heavy atom. The Balaban J connectivity index is 1.50. The zero-order chi connectivity index (χ0) is 23.6. The van der Waals surface area contributed by atoms with Gasteiger partial charge in [-0.25, -0.2) is 4.79 Å². The first kappa shape index (κ1) is 23.6. The summed E-state index contributed by atoms with van der Waals surface area (Å²) in [4.78, 5) is 13.2. The van der Waals surface area contributed by atoms with Crippen LogP contribution in [0, 0.1) is 0 Å². The van der Waals surface area contributed by atoms with Crippen LogP contribution in [-0.4, -0.2) is 55.3 Å². The number of amides is 1. The second-order valence-corrected chi connectivity index (χ2v) is 7.42. The van der Waals surface area contributed by atoms with E-state index in [1.54, 1.807) is 24.3 Å². The minimum Gasteiger partial charge on any atom is -0.507 e. The van der Waals surface area contributed by atoms with Gasteiger partial charge in [-0.3, -0.25) is 0 Å². The number of phenolic OH excluding ortho intramolecular Hbond substituents is 1. The number of alkyl carbamates (subject to hydrolysis) is 1. The Kier molecular flexibility index (Phi) is 8.29. The summed E-state index contributed by atoms with van der Waals surface area (Å²) < 4.78 is 10.9. The summed E-state index contributed by atoms with van der Waals surface area (Å²) >= 11 is 0. The van der Waals surface area contributed by atoms with E-state index in [-0.39, 0.29) is 11.6 Å². The molecule has 3 rings (SSSR count). The molecule has 9 nitrogen and oxygen atoms in total. The number of nitrogens with one attached hydrogen (secondary N) is 1. The summed E-state index contributed by atoms with van der Waals surface area (Å²) in [5.41, 5.74) is 9.17. The van der Waals surface area contributed by atoms with E-state index in [9.17, 15) is 9.90 Å². The van der Waals surface area contributed by atoms with Gasteiger partial charge in [-0.05, 0) is 36.2 Å². The molecule has 0 fully saturated rings. The molecular formula is C24H29N5O4. The zero-order valence-corrected chi connectivity index (χ0v) is 18.8. The number of ether oxygens (including phenoxy) is 2. The number of carbonyl (C=O) groups excluding carboxylic acids is 1. The Morgan fingerprint density at radius 3 is 2.61 bits per heavy atom. The molecule has 0 aliphatic carbocycles. The molecule has 0 bridgehead atoms. The third kappa shape index (κ3) is 6.73. The quantitative estimate of drug-likeness (QED) is 0.402. The molecule has 0 radical (unpaired) electrons. The SMILES string of the molecule is CNC(=O)OCCCN(C)c1ccc(CCOc2cc(-c3ccccc3O)nnc2N)cc1. The van der Waals surface area contributed by atoms with E-state index < -0.39 is 6.09 Å². The Bertz CT molecular complexity index is 1060. The van der Waals surface area contributed by atoms with Crippen molar-refractivity contribution in [1.29, 1.82) is 0 Å². The van der Waals surface area contributed by atoms with Gasteiger partial charge in [-0.15, -0.1) is 10.2 Å². The van der Waals surface area contributed by atoms with Gasteiger partial charge >= 0.3 is 6.09 Å². The van der Waals surface area contributed by atoms with Crippen molar-refractivity contribution in [3.05, 3.63) is 60.2 Å². The number of anilines is 2. The number of benzene rings is 2. The summed E-state index contributed by atoms with van der Waals surface area (Å²) in [6.07, 6.45) is 1.02. The van der Waals surface area contributed by atoms with Crippen LogP contribution in [0.25, 0.3) is 11.3 Å². The van der Waals surface area contributed by atoms with Gasteiger partial charge in [-0.2, -0.15) is 0 Å². The lowest BCUT2D eigenvalue weighted by molar-refractivity contribution is 0.147. The van der Waals surface area contributed by atoms with Crippen LogP contribution in [0.3, 0.4) is 0 Å². The summed E-state index contributed by atoms with van der Waals surface area (Å²) in [5.74, 6) is 0.747. The molecule has 0 aliphatic heterocycles. The molecule has 0 spiro atoms. The van der Waals surface area contributed by atoms with Gasteiger partial charge in [0.15, 0.2) is 11.6 Å². The van der Waals surface area contributed by atoms with E-state index in [0.717, 1.165) is 24.2 Å². The molecule has 33 heavy (non-hydrogen) atoms. The van der Waals surface area contributed by atoms with Crippen molar-refractivity contribution >= 4 is 17.6 Å². The van der Waals surface area contributed by atoms with Crippen molar-refractivity contribution in [2.24, 2.45) is 0 Å². The van der Waals surface area contributed by atoms with Crippen LogP contribution in [0.15, 0.2) is 54.6 Å². The second-order valence-electron chi connectivity index (χ2n) is 7.42. The molecule has 174 valence electrons.